The molecule has 0 amide bonds. The van der Waals surface area contributed by atoms with E-state index in [4.69, 9.17) is 16.3 Å². The van der Waals surface area contributed by atoms with Crippen LogP contribution in [0.4, 0.5) is 0 Å². The molecular formula is C11H11ClO2. The highest BCUT2D eigenvalue weighted by molar-refractivity contribution is 6.30. The smallest absolute Gasteiger partial charge is 0.308 e. The summed E-state index contributed by atoms with van der Waals surface area (Å²) in [4.78, 5) is 10.8. The van der Waals surface area contributed by atoms with Crippen molar-refractivity contribution in [1.82, 2.24) is 0 Å². The molecule has 0 saturated carbocycles. The van der Waals surface area contributed by atoms with Crippen molar-refractivity contribution in [1.29, 1.82) is 0 Å². The van der Waals surface area contributed by atoms with Crippen molar-refractivity contribution in [3.63, 3.8) is 0 Å². The molecule has 0 heterocycles. The van der Waals surface area contributed by atoms with Gasteiger partial charge in [-0.2, -0.15) is 0 Å². The molecule has 0 aromatic heterocycles. The van der Waals surface area contributed by atoms with Gasteiger partial charge in [0.1, 0.15) is 5.75 Å². The summed E-state index contributed by atoms with van der Waals surface area (Å²) in [6, 6.07) is 3.45. The molecule has 0 saturated heterocycles. The van der Waals surface area contributed by atoms with Gasteiger partial charge in [0.2, 0.25) is 0 Å². The predicted molar refractivity (Wildman–Crippen MR) is 57.6 cm³/mol. The van der Waals surface area contributed by atoms with E-state index in [1.165, 1.54) is 6.92 Å². The van der Waals surface area contributed by atoms with E-state index >= 15 is 0 Å². The van der Waals surface area contributed by atoms with Crippen LogP contribution in [0.2, 0.25) is 5.02 Å². The van der Waals surface area contributed by atoms with Crippen molar-refractivity contribution >= 4 is 23.6 Å². The van der Waals surface area contributed by atoms with Gasteiger partial charge >= 0.3 is 5.97 Å². The number of rotatable bonds is 2. The Kier molecular flexibility index (Phi) is 3.31. The minimum atomic E-state index is -0.349. The summed E-state index contributed by atoms with van der Waals surface area (Å²) >= 11 is 5.85. The molecule has 3 heteroatoms. The molecule has 0 aliphatic heterocycles. The number of benzene rings is 1. The Hall–Kier alpha value is -1.28. The summed E-state index contributed by atoms with van der Waals surface area (Å²) < 4.78 is 5.05. The first-order valence-electron chi connectivity index (χ1n) is 4.15. The lowest BCUT2D eigenvalue weighted by atomic mass is 10.1. The maximum Gasteiger partial charge on any atom is 0.308 e. The van der Waals surface area contributed by atoms with Crippen LogP contribution in [0, 0.1) is 6.92 Å². The van der Waals surface area contributed by atoms with E-state index in [2.05, 4.69) is 6.58 Å². The fraction of sp³-hybridized carbons (Fsp3) is 0.182. The third kappa shape index (κ3) is 2.36. The summed E-state index contributed by atoms with van der Waals surface area (Å²) in [6.07, 6.45) is 1.61. The van der Waals surface area contributed by atoms with Crippen molar-refractivity contribution in [3.05, 3.63) is 34.9 Å². The standard InChI is InChI=1S/C11H11ClO2/c1-4-9-6-10(12)5-7(2)11(9)14-8(3)13/h4-6H,1H2,2-3H3. The van der Waals surface area contributed by atoms with Crippen molar-refractivity contribution in [2.75, 3.05) is 0 Å². The summed E-state index contributed by atoms with van der Waals surface area (Å²) in [5.74, 6) is 0.176. The van der Waals surface area contributed by atoms with Crippen LogP contribution in [0.25, 0.3) is 6.08 Å². The first-order valence-corrected chi connectivity index (χ1v) is 4.53. The number of hydrogen-bond donors (Lipinski definition) is 0. The maximum absolute atomic E-state index is 10.8. The van der Waals surface area contributed by atoms with Crippen LogP contribution in [-0.4, -0.2) is 5.97 Å². The van der Waals surface area contributed by atoms with Gasteiger partial charge in [0.25, 0.3) is 0 Å². The van der Waals surface area contributed by atoms with Gasteiger partial charge in [0.15, 0.2) is 0 Å². The third-order valence-corrected chi connectivity index (χ3v) is 1.95. The Morgan fingerprint density at radius 3 is 2.71 bits per heavy atom. The van der Waals surface area contributed by atoms with E-state index in [-0.39, 0.29) is 5.97 Å². The van der Waals surface area contributed by atoms with Gasteiger partial charge in [-0.15, -0.1) is 0 Å². The largest absolute Gasteiger partial charge is 0.426 e. The van der Waals surface area contributed by atoms with Gasteiger partial charge in [-0.05, 0) is 24.6 Å². The van der Waals surface area contributed by atoms with E-state index < -0.39 is 0 Å². The lowest BCUT2D eigenvalue weighted by molar-refractivity contribution is -0.131. The van der Waals surface area contributed by atoms with E-state index in [0.717, 1.165) is 11.1 Å². The summed E-state index contributed by atoms with van der Waals surface area (Å²) in [7, 11) is 0. The van der Waals surface area contributed by atoms with Crippen LogP contribution in [-0.2, 0) is 4.79 Å². The number of hydrogen-bond acceptors (Lipinski definition) is 2. The second kappa shape index (κ2) is 4.29. The Labute approximate surface area is 88.1 Å². The minimum Gasteiger partial charge on any atom is -0.426 e. The predicted octanol–water partition coefficient (Wildman–Crippen LogP) is 3.22. The summed E-state index contributed by atoms with van der Waals surface area (Å²) in [5.41, 5.74) is 1.55. The molecule has 0 aliphatic carbocycles. The summed E-state index contributed by atoms with van der Waals surface area (Å²) in [5, 5.41) is 0.605. The van der Waals surface area contributed by atoms with Crippen LogP contribution in [0.3, 0.4) is 0 Å². The zero-order chi connectivity index (χ0) is 10.7. The monoisotopic (exact) mass is 210 g/mol. The molecule has 1 aromatic carbocycles. The molecule has 1 aromatic rings. The Bertz CT molecular complexity index is 383. The fourth-order valence-electron chi connectivity index (χ4n) is 1.19. The van der Waals surface area contributed by atoms with E-state index in [9.17, 15) is 4.79 Å². The van der Waals surface area contributed by atoms with Crippen molar-refractivity contribution in [2.24, 2.45) is 0 Å². The van der Waals surface area contributed by atoms with E-state index in [1.54, 1.807) is 18.2 Å². The van der Waals surface area contributed by atoms with Crippen LogP contribution >= 0.6 is 11.6 Å². The number of aryl methyl sites for hydroxylation is 1. The number of carbonyl (C=O) groups excluding carboxylic acids is 1. The Morgan fingerprint density at radius 1 is 1.57 bits per heavy atom. The SMILES string of the molecule is C=Cc1cc(Cl)cc(C)c1OC(C)=O. The van der Waals surface area contributed by atoms with Gasteiger partial charge < -0.3 is 4.74 Å². The van der Waals surface area contributed by atoms with Crippen LogP contribution in [0.5, 0.6) is 5.75 Å². The molecule has 1 rings (SSSR count). The molecule has 0 unspecified atom stereocenters. The normalized spacial score (nSPS) is 9.64. The number of esters is 1. The number of halogens is 1. The molecule has 0 N–H and O–H groups in total. The van der Waals surface area contributed by atoms with Gasteiger partial charge in [-0.3, -0.25) is 4.79 Å². The molecule has 2 nitrogen and oxygen atoms in total. The highest BCUT2D eigenvalue weighted by Crippen LogP contribution is 2.28. The van der Waals surface area contributed by atoms with Crippen LogP contribution < -0.4 is 4.74 Å². The topological polar surface area (TPSA) is 26.3 Å². The first kappa shape index (κ1) is 10.8. The molecule has 0 bridgehead atoms. The zero-order valence-electron chi connectivity index (χ0n) is 8.13. The minimum absolute atomic E-state index is 0.349. The van der Waals surface area contributed by atoms with E-state index in [1.807, 2.05) is 6.92 Å². The highest BCUT2D eigenvalue weighted by Gasteiger charge is 2.08. The van der Waals surface area contributed by atoms with Gasteiger partial charge in [0, 0.05) is 17.5 Å². The molecular weight excluding hydrogens is 200 g/mol. The molecule has 0 spiro atoms. The average molecular weight is 211 g/mol. The van der Waals surface area contributed by atoms with Gasteiger partial charge in [0.05, 0.1) is 0 Å². The van der Waals surface area contributed by atoms with Crippen LogP contribution in [0.1, 0.15) is 18.1 Å². The zero-order valence-corrected chi connectivity index (χ0v) is 8.89. The van der Waals surface area contributed by atoms with Gasteiger partial charge in [-0.25, -0.2) is 0 Å². The average Bonchev–Trinajstić information content (AvgIpc) is 2.08. The number of carbonyl (C=O) groups is 1. The molecule has 0 atom stereocenters. The Morgan fingerprint density at radius 2 is 2.21 bits per heavy atom. The fourth-order valence-corrected chi connectivity index (χ4v) is 1.47. The second-order valence-corrected chi connectivity index (χ2v) is 3.38. The summed E-state index contributed by atoms with van der Waals surface area (Å²) in [6.45, 7) is 6.82. The van der Waals surface area contributed by atoms with Crippen LogP contribution in [0.15, 0.2) is 18.7 Å². The molecule has 0 radical (unpaired) electrons. The maximum atomic E-state index is 10.8. The van der Waals surface area contributed by atoms with Crippen molar-refractivity contribution in [2.45, 2.75) is 13.8 Å². The van der Waals surface area contributed by atoms with E-state index in [0.29, 0.717) is 10.8 Å². The van der Waals surface area contributed by atoms with Gasteiger partial charge in [-0.1, -0.05) is 24.3 Å². The first-order chi connectivity index (χ1) is 6.54. The molecule has 0 fully saturated rings. The third-order valence-electron chi connectivity index (χ3n) is 1.73. The second-order valence-electron chi connectivity index (χ2n) is 2.94. The molecule has 14 heavy (non-hydrogen) atoms. The van der Waals surface area contributed by atoms with Crippen molar-refractivity contribution < 1.29 is 9.53 Å². The molecule has 74 valence electrons. The lowest BCUT2D eigenvalue weighted by Gasteiger charge is -2.09. The lowest BCUT2D eigenvalue weighted by Crippen LogP contribution is -2.04. The highest BCUT2D eigenvalue weighted by atomic mass is 35.5. The Balaban J connectivity index is 3.24. The quantitative estimate of drug-likeness (QED) is 0.554. The van der Waals surface area contributed by atoms with Crippen molar-refractivity contribution in [3.8, 4) is 5.75 Å². The molecule has 0 aliphatic rings. The number of ether oxygens (including phenoxy) is 1.